The lowest BCUT2D eigenvalue weighted by Crippen LogP contribution is -2.41. The highest BCUT2D eigenvalue weighted by molar-refractivity contribution is 9.10. The van der Waals surface area contributed by atoms with Crippen molar-refractivity contribution < 1.29 is 62.0 Å². The zero-order valence-electron chi connectivity index (χ0n) is 61.1. The molecular formula is C78H86B2BrN9O16. The van der Waals surface area contributed by atoms with E-state index < -0.39 is 25.4 Å². The molecule has 106 heavy (non-hydrogen) atoms. The van der Waals surface area contributed by atoms with E-state index in [1.807, 2.05) is 121 Å². The molecule has 10 heterocycles. The maximum absolute atomic E-state index is 14.2. The van der Waals surface area contributed by atoms with Crippen LogP contribution in [0.2, 0.25) is 0 Å². The summed E-state index contributed by atoms with van der Waals surface area (Å²) >= 11 is 3.58. The quantitative estimate of drug-likeness (QED) is 0.0803. The van der Waals surface area contributed by atoms with E-state index in [4.69, 9.17) is 57.0 Å². The minimum Gasteiger partial charge on any atom is -0.497 e. The van der Waals surface area contributed by atoms with Gasteiger partial charge in [0.2, 0.25) is 0 Å². The zero-order valence-corrected chi connectivity index (χ0v) is 62.7. The van der Waals surface area contributed by atoms with Gasteiger partial charge in [-0.25, -0.2) is 0 Å². The second kappa shape index (κ2) is 30.8. The van der Waals surface area contributed by atoms with Crippen LogP contribution in [0, 0.1) is 0 Å². The number of hydrogen-bond acceptors (Lipinski definition) is 19. The number of rotatable bonds is 17. The topological polar surface area (TPSA) is 261 Å². The average Bonchev–Trinajstić information content (AvgIpc) is 1.50. The first kappa shape index (κ1) is 73.4. The Kier molecular flexibility index (Phi) is 21.3. The Morgan fingerprint density at radius 2 is 0.783 bits per heavy atom. The first-order chi connectivity index (χ1) is 51.2. The van der Waals surface area contributed by atoms with Crippen LogP contribution in [0.25, 0.3) is 65.4 Å². The highest BCUT2D eigenvalue weighted by Crippen LogP contribution is 2.39. The van der Waals surface area contributed by atoms with Crippen molar-refractivity contribution in [2.45, 2.75) is 115 Å². The molecule has 0 saturated carbocycles. The zero-order chi connectivity index (χ0) is 74.3. The Morgan fingerprint density at radius 1 is 0.443 bits per heavy atom. The predicted octanol–water partition coefficient (Wildman–Crippen LogP) is 10.0. The van der Waals surface area contributed by atoms with Gasteiger partial charge in [0.05, 0.1) is 159 Å². The molecule has 6 aromatic carbocycles. The molecule has 0 amide bonds. The van der Waals surface area contributed by atoms with Crippen LogP contribution in [-0.4, -0.2) is 161 Å². The van der Waals surface area contributed by atoms with E-state index in [1.54, 1.807) is 93.1 Å². The minimum atomic E-state index is -1.65. The molecule has 25 nitrogen and oxygen atoms in total. The Morgan fingerprint density at radius 3 is 1.13 bits per heavy atom. The van der Waals surface area contributed by atoms with Gasteiger partial charge >= 0.3 is 14.2 Å². The fourth-order valence-corrected chi connectivity index (χ4v) is 15.2. The van der Waals surface area contributed by atoms with Crippen LogP contribution < -0.4 is 56.0 Å². The molecule has 0 aliphatic carbocycles. The van der Waals surface area contributed by atoms with Crippen molar-refractivity contribution in [3.63, 3.8) is 0 Å². The fraction of sp³-hybridized carbons (Fsp3) is 0.385. The second-order valence-electron chi connectivity index (χ2n) is 28.0. The third-order valence-electron chi connectivity index (χ3n) is 21.4. The number of hydrogen-bond donors (Lipinski definition) is 2. The van der Waals surface area contributed by atoms with Crippen LogP contribution >= 0.6 is 15.9 Å². The van der Waals surface area contributed by atoms with Crippen LogP contribution in [0.1, 0.15) is 101 Å². The number of methoxy groups -OCH3 is 6. The summed E-state index contributed by atoms with van der Waals surface area (Å²) in [6, 6.07) is 34.6. The van der Waals surface area contributed by atoms with Crippen LogP contribution in [0.4, 0.5) is 0 Å². The smallest absolute Gasteiger partial charge is 0.494 e. The highest BCUT2D eigenvalue weighted by atomic mass is 79.9. The van der Waals surface area contributed by atoms with E-state index in [-0.39, 0.29) is 41.3 Å². The molecule has 6 aromatic heterocycles. The monoisotopic (exact) mass is 1510 g/mol. The molecule has 4 saturated heterocycles. The third-order valence-corrected chi connectivity index (χ3v) is 21.8. The fourth-order valence-electron chi connectivity index (χ4n) is 14.8. The third kappa shape index (κ3) is 14.0. The molecule has 0 spiro atoms. The van der Waals surface area contributed by atoms with Gasteiger partial charge in [-0.2, -0.15) is 15.3 Å². The summed E-state index contributed by atoms with van der Waals surface area (Å²) in [5, 5.41) is 38.1. The Balaban J connectivity index is 0.000000135. The number of halogens is 1. The standard InChI is InChI=1S/C30H36BN3O6.C24H26BN3O6.C24H24BrN3O4/c1-29(2)30(3,4)40-31(39-29)20-8-10-23-25(15-20)33(18-19-7-9-22(36-5)16-26(19)37-6)28(35)24-17-32-34(27(23)24)21-11-13-38-14-12-21;1-32-18-5-3-15(22(12-18)33-2)14-27-21-11-16(25(30)31)4-6-19(21)23-20(24(27)29)13-26-28(23)17-7-9-34-10-8-17;1-30-18-5-3-15(22(12-18)31-2)14-27-21-11-16(25)4-6-19(21)23-20(24(27)29)13-26-28(23)17-7-9-32-10-8-17/h7-10,15-17,21H,11-14,18H2,1-6H3;3-6,11-13,17,30-31H,7-10,14H2,1-2H3;3-6,11-13,17H,7-10,14H2,1-2H3. The molecule has 28 heteroatoms. The molecular weight excluding hydrogens is 1420 g/mol. The van der Waals surface area contributed by atoms with Gasteiger partial charge in [0.25, 0.3) is 16.7 Å². The SMILES string of the molecule is COc1ccc(Cn2c(=O)c3cnn(C4CCOCC4)c3c3ccc(B(O)O)cc32)c(OC)c1.COc1ccc(Cn2c(=O)c3cnn(C4CCOCC4)c3c3ccc(B4OC(C)(C)C(C)(C)O4)cc32)c(OC)c1.COc1ccc(Cn2c(=O)c3cnn(C4CCOCC4)c3c3ccc(Br)cc32)c(OC)c1. The number of fused-ring (bicyclic) bond motifs is 9. The van der Waals surface area contributed by atoms with E-state index in [2.05, 4.69) is 38.3 Å². The lowest BCUT2D eigenvalue weighted by Gasteiger charge is -2.32. The summed E-state index contributed by atoms with van der Waals surface area (Å²) in [7, 11) is 7.43. The number of ether oxygens (including phenoxy) is 9. The molecule has 4 aliphatic rings. The molecule has 4 fully saturated rings. The molecule has 4 aliphatic heterocycles. The molecule has 16 rings (SSSR count). The summed E-state index contributed by atoms with van der Waals surface area (Å²) < 4.78 is 74.2. The van der Waals surface area contributed by atoms with Crippen molar-refractivity contribution in [1.82, 2.24) is 43.0 Å². The normalized spacial score (nSPS) is 16.3. The predicted molar refractivity (Wildman–Crippen MR) is 411 cm³/mol. The molecule has 552 valence electrons. The van der Waals surface area contributed by atoms with Crippen molar-refractivity contribution in [2.75, 3.05) is 82.3 Å². The number of aromatic nitrogens is 9. The van der Waals surface area contributed by atoms with E-state index in [0.29, 0.717) is 114 Å². The number of benzene rings is 6. The van der Waals surface area contributed by atoms with Crippen LogP contribution in [0.3, 0.4) is 0 Å². The van der Waals surface area contributed by atoms with Crippen molar-refractivity contribution in [3.05, 3.63) is 180 Å². The molecule has 0 bridgehead atoms. The summed E-state index contributed by atoms with van der Waals surface area (Å²) in [6.45, 7) is 13.2. The Hall–Kier alpha value is -9.51. The number of pyridine rings is 3. The van der Waals surface area contributed by atoms with E-state index in [1.165, 1.54) is 0 Å². The van der Waals surface area contributed by atoms with Gasteiger partial charge in [-0.1, -0.05) is 40.2 Å². The van der Waals surface area contributed by atoms with Crippen molar-refractivity contribution in [3.8, 4) is 34.5 Å². The minimum absolute atomic E-state index is 0.0678. The Labute approximate surface area is 620 Å². The summed E-state index contributed by atoms with van der Waals surface area (Å²) in [5.74, 6) is 3.97. The van der Waals surface area contributed by atoms with Gasteiger partial charge < -0.3 is 75.7 Å². The second-order valence-corrected chi connectivity index (χ2v) is 28.9. The Bertz CT molecular complexity index is 5440. The van der Waals surface area contributed by atoms with Gasteiger partial charge in [-0.15, -0.1) is 0 Å². The lowest BCUT2D eigenvalue weighted by molar-refractivity contribution is 0.00578. The summed E-state index contributed by atoms with van der Waals surface area (Å²) in [5.41, 5.74) is 7.11. The molecule has 0 atom stereocenters. The van der Waals surface area contributed by atoms with Crippen molar-refractivity contribution in [2.24, 2.45) is 0 Å². The molecule has 12 aromatic rings. The molecule has 0 radical (unpaired) electrons. The summed E-state index contributed by atoms with van der Waals surface area (Å²) in [4.78, 5) is 41.6. The number of nitrogens with zero attached hydrogens (tertiary/aromatic N) is 9. The van der Waals surface area contributed by atoms with Crippen molar-refractivity contribution >= 4 is 107 Å². The maximum Gasteiger partial charge on any atom is 0.494 e. The van der Waals surface area contributed by atoms with E-state index in [0.717, 1.165) is 109 Å². The highest BCUT2D eigenvalue weighted by Gasteiger charge is 2.52. The van der Waals surface area contributed by atoms with E-state index >= 15 is 0 Å². The van der Waals surface area contributed by atoms with Gasteiger partial charge in [0.1, 0.15) is 34.5 Å². The van der Waals surface area contributed by atoms with Gasteiger partial charge in [-0.05, 0) is 144 Å². The molecule has 0 unspecified atom stereocenters. The van der Waals surface area contributed by atoms with Crippen LogP contribution in [-0.2, 0) is 43.2 Å². The van der Waals surface area contributed by atoms with Crippen molar-refractivity contribution in [1.29, 1.82) is 0 Å². The summed E-state index contributed by atoms with van der Waals surface area (Å²) in [6.07, 6.45) is 10.2. The van der Waals surface area contributed by atoms with Gasteiger partial charge in [-0.3, -0.25) is 28.4 Å². The lowest BCUT2D eigenvalue weighted by atomic mass is 9.78. The first-order valence-corrected chi connectivity index (χ1v) is 36.4. The average molecular weight is 1510 g/mol. The van der Waals surface area contributed by atoms with Crippen LogP contribution in [0.15, 0.2) is 147 Å². The first-order valence-electron chi connectivity index (χ1n) is 35.6. The van der Waals surface area contributed by atoms with Gasteiger partial charge in [0.15, 0.2) is 0 Å². The van der Waals surface area contributed by atoms with Gasteiger partial charge in [0, 0.05) is 95.2 Å². The molecule has 2 N–H and O–H groups in total. The maximum atomic E-state index is 14.2. The largest absolute Gasteiger partial charge is 0.497 e. The van der Waals surface area contributed by atoms with E-state index in [9.17, 15) is 24.4 Å². The van der Waals surface area contributed by atoms with Crippen LogP contribution in [0.5, 0.6) is 34.5 Å².